The predicted octanol–water partition coefficient (Wildman–Crippen LogP) is 5.15. The molecule has 2 aromatic rings. The van der Waals surface area contributed by atoms with Crippen LogP contribution in [0.2, 0.25) is 0 Å². The number of benzene rings is 1. The molecule has 192 valence electrons. The van der Waals surface area contributed by atoms with Crippen molar-refractivity contribution in [3.05, 3.63) is 41.6 Å². The Morgan fingerprint density at radius 3 is 2.47 bits per heavy atom. The van der Waals surface area contributed by atoms with E-state index < -0.39 is 5.60 Å². The molecule has 1 aliphatic carbocycles. The highest BCUT2D eigenvalue weighted by Gasteiger charge is 2.23. The fourth-order valence-electron chi connectivity index (χ4n) is 4.74. The molecule has 0 atom stereocenters. The lowest BCUT2D eigenvalue weighted by Crippen LogP contribution is -2.44. The van der Waals surface area contributed by atoms with Gasteiger partial charge < -0.3 is 25.2 Å². The summed E-state index contributed by atoms with van der Waals surface area (Å²) in [6, 6.07) is 10.3. The van der Waals surface area contributed by atoms with Crippen LogP contribution in [0.4, 0.5) is 22.9 Å². The number of esters is 1. The Morgan fingerprint density at radius 1 is 1.08 bits per heavy atom. The molecule has 1 aromatic carbocycles. The quantitative estimate of drug-likeness (QED) is 0.537. The maximum atomic E-state index is 13.2. The average Bonchev–Trinajstić information content (AvgIpc) is 2.84. The summed E-state index contributed by atoms with van der Waals surface area (Å²) in [4.78, 5) is 22.3. The molecule has 0 spiro atoms. The van der Waals surface area contributed by atoms with Gasteiger partial charge in [-0.1, -0.05) is 19.3 Å². The van der Waals surface area contributed by atoms with Crippen molar-refractivity contribution in [3.63, 3.8) is 0 Å². The third kappa shape index (κ3) is 6.67. The fraction of sp³-hybridized carbons (Fsp3) is 0.536. The maximum absolute atomic E-state index is 13.2. The fourth-order valence-corrected chi connectivity index (χ4v) is 4.74. The molecule has 1 aliphatic heterocycles. The number of nitrogens with zero attached hydrogens (tertiary/aromatic N) is 4. The van der Waals surface area contributed by atoms with Gasteiger partial charge >= 0.3 is 5.97 Å². The first kappa shape index (κ1) is 25.8. The van der Waals surface area contributed by atoms with Crippen LogP contribution in [0.1, 0.15) is 68.8 Å². The highest BCUT2D eigenvalue weighted by Crippen LogP contribution is 2.30. The molecule has 8 nitrogen and oxygen atoms in total. The highest BCUT2D eigenvalue weighted by atomic mass is 16.6. The molecular weight excluding hydrogens is 452 g/mol. The zero-order valence-corrected chi connectivity index (χ0v) is 21.9. The van der Waals surface area contributed by atoms with Crippen molar-refractivity contribution in [2.24, 2.45) is 0 Å². The van der Waals surface area contributed by atoms with Gasteiger partial charge in [0.1, 0.15) is 17.5 Å². The Balaban J connectivity index is 1.61. The second-order valence-electron chi connectivity index (χ2n) is 10.9. The largest absolute Gasteiger partial charge is 0.456 e. The first-order chi connectivity index (χ1) is 17.2. The van der Waals surface area contributed by atoms with Crippen LogP contribution >= 0.6 is 0 Å². The van der Waals surface area contributed by atoms with E-state index in [1.807, 2.05) is 45.0 Å². The van der Waals surface area contributed by atoms with E-state index in [1.54, 1.807) is 6.20 Å². The Morgan fingerprint density at radius 2 is 1.81 bits per heavy atom. The maximum Gasteiger partial charge on any atom is 0.340 e. The Bertz CT molecular complexity index is 1110. The zero-order chi connectivity index (χ0) is 25.7. The molecule has 1 saturated heterocycles. The molecule has 0 amide bonds. The van der Waals surface area contributed by atoms with Crippen molar-refractivity contribution in [3.8, 4) is 6.07 Å². The Labute approximate surface area is 214 Å². The summed E-state index contributed by atoms with van der Waals surface area (Å²) >= 11 is 0. The van der Waals surface area contributed by atoms with Crippen LogP contribution in [0.3, 0.4) is 0 Å². The minimum absolute atomic E-state index is 0.362. The lowest BCUT2D eigenvalue weighted by atomic mass is 9.95. The second-order valence-corrected chi connectivity index (χ2v) is 10.9. The summed E-state index contributed by atoms with van der Waals surface area (Å²) < 4.78 is 5.74. The average molecular weight is 491 g/mol. The van der Waals surface area contributed by atoms with E-state index in [4.69, 9.17) is 4.74 Å². The van der Waals surface area contributed by atoms with E-state index in [0.29, 0.717) is 28.7 Å². The number of piperazine rings is 1. The number of pyridine rings is 1. The number of ether oxygens (including phenoxy) is 1. The number of rotatable bonds is 6. The molecule has 2 heterocycles. The van der Waals surface area contributed by atoms with E-state index in [0.717, 1.165) is 50.4 Å². The smallest absolute Gasteiger partial charge is 0.340 e. The predicted molar refractivity (Wildman–Crippen MR) is 144 cm³/mol. The first-order valence-corrected chi connectivity index (χ1v) is 13.0. The van der Waals surface area contributed by atoms with Gasteiger partial charge in [-0.2, -0.15) is 5.26 Å². The number of nitriles is 1. The number of anilines is 4. The molecule has 2 fully saturated rings. The van der Waals surface area contributed by atoms with Gasteiger partial charge in [0, 0.05) is 50.2 Å². The first-order valence-electron chi connectivity index (χ1n) is 13.0. The third-order valence-electron chi connectivity index (χ3n) is 6.74. The molecule has 8 heteroatoms. The minimum Gasteiger partial charge on any atom is -0.456 e. The van der Waals surface area contributed by atoms with E-state index >= 15 is 0 Å². The van der Waals surface area contributed by atoms with Crippen LogP contribution in [0.5, 0.6) is 0 Å². The summed E-state index contributed by atoms with van der Waals surface area (Å²) in [5.74, 6) is 0.194. The van der Waals surface area contributed by atoms with Crippen molar-refractivity contribution >= 4 is 28.8 Å². The third-order valence-corrected chi connectivity index (χ3v) is 6.74. The molecule has 1 saturated carbocycles. The molecular formula is C28H38N6O2. The van der Waals surface area contributed by atoms with E-state index in [-0.39, 0.29) is 5.97 Å². The van der Waals surface area contributed by atoms with Crippen LogP contribution in [-0.2, 0) is 4.74 Å². The monoisotopic (exact) mass is 490 g/mol. The highest BCUT2D eigenvalue weighted by molar-refractivity contribution is 5.98. The number of likely N-dealkylation sites (N-methyl/N-ethyl adjacent to an activating group) is 1. The number of aromatic nitrogens is 1. The van der Waals surface area contributed by atoms with Crippen LogP contribution in [-0.4, -0.2) is 60.7 Å². The summed E-state index contributed by atoms with van der Waals surface area (Å²) in [7, 11) is 2.12. The van der Waals surface area contributed by atoms with Gasteiger partial charge in [0.05, 0.1) is 22.5 Å². The van der Waals surface area contributed by atoms with Crippen molar-refractivity contribution in [1.29, 1.82) is 5.26 Å². The van der Waals surface area contributed by atoms with Gasteiger partial charge in [0.2, 0.25) is 0 Å². The van der Waals surface area contributed by atoms with Crippen LogP contribution in [0.25, 0.3) is 0 Å². The topological polar surface area (TPSA) is 93.5 Å². The van der Waals surface area contributed by atoms with Gasteiger partial charge in [-0.3, -0.25) is 0 Å². The Kier molecular flexibility index (Phi) is 8.00. The minimum atomic E-state index is -0.609. The standard InChI is InChI=1S/C28H38N6O2/c1-28(2,3)36-27(35)23-16-22(34-14-12-33(4)13-15-34)10-11-24(23)32-26-17-25(20(18-29)19-30-26)31-21-8-6-5-7-9-21/h10-11,16-17,19,21H,5-9,12-15H2,1-4H3,(H2,30,31,32). The van der Waals surface area contributed by atoms with Crippen LogP contribution in [0.15, 0.2) is 30.5 Å². The van der Waals surface area contributed by atoms with Crippen molar-refractivity contribution in [2.75, 3.05) is 48.8 Å². The van der Waals surface area contributed by atoms with Gasteiger partial charge in [-0.15, -0.1) is 0 Å². The van der Waals surface area contributed by atoms with Crippen LogP contribution < -0.4 is 15.5 Å². The summed E-state index contributed by atoms with van der Waals surface area (Å²) in [6.07, 6.45) is 7.46. The molecule has 36 heavy (non-hydrogen) atoms. The number of nitrogens with one attached hydrogen (secondary N) is 2. The van der Waals surface area contributed by atoms with Crippen molar-refractivity contribution < 1.29 is 9.53 Å². The SMILES string of the molecule is CN1CCN(c2ccc(Nc3cc(NC4CCCCC4)c(C#N)cn3)c(C(=O)OC(C)(C)C)c2)CC1. The molecule has 2 aliphatic rings. The zero-order valence-electron chi connectivity index (χ0n) is 21.9. The van der Waals surface area contributed by atoms with Gasteiger partial charge in [0.25, 0.3) is 0 Å². The number of carbonyl (C=O) groups excluding carboxylic acids is 1. The molecule has 2 N–H and O–H groups in total. The summed E-state index contributed by atoms with van der Waals surface area (Å²) in [6.45, 7) is 9.38. The van der Waals surface area contributed by atoms with Crippen molar-refractivity contribution in [2.45, 2.75) is 64.5 Å². The lowest BCUT2D eigenvalue weighted by molar-refractivity contribution is 0.00707. The molecule has 0 radical (unpaired) electrons. The number of hydrogen-bond acceptors (Lipinski definition) is 8. The van der Waals surface area contributed by atoms with Crippen molar-refractivity contribution in [1.82, 2.24) is 9.88 Å². The van der Waals surface area contributed by atoms with Gasteiger partial charge in [0.15, 0.2) is 0 Å². The normalized spacial score (nSPS) is 17.4. The van der Waals surface area contributed by atoms with Crippen LogP contribution in [0, 0.1) is 11.3 Å². The molecule has 1 aromatic heterocycles. The molecule has 4 rings (SSSR count). The van der Waals surface area contributed by atoms with Gasteiger partial charge in [-0.05, 0) is 58.9 Å². The number of carbonyl (C=O) groups is 1. The Hall–Kier alpha value is -3.31. The summed E-state index contributed by atoms with van der Waals surface area (Å²) in [5.41, 5.74) is 2.78. The number of hydrogen-bond donors (Lipinski definition) is 2. The van der Waals surface area contributed by atoms with E-state index in [1.165, 1.54) is 19.3 Å². The lowest BCUT2D eigenvalue weighted by Gasteiger charge is -2.34. The summed E-state index contributed by atoms with van der Waals surface area (Å²) in [5, 5.41) is 16.5. The molecule has 0 bridgehead atoms. The van der Waals surface area contributed by atoms with Gasteiger partial charge in [-0.25, -0.2) is 9.78 Å². The second kappa shape index (κ2) is 11.2. The van der Waals surface area contributed by atoms with E-state index in [2.05, 4.69) is 38.5 Å². The van der Waals surface area contributed by atoms with E-state index in [9.17, 15) is 10.1 Å². The molecule has 0 unspecified atom stereocenters.